The lowest BCUT2D eigenvalue weighted by atomic mass is 10.1. The second-order valence-corrected chi connectivity index (χ2v) is 6.25. The molecule has 0 aliphatic carbocycles. The maximum absolute atomic E-state index is 4.61. The maximum atomic E-state index is 4.61. The summed E-state index contributed by atoms with van der Waals surface area (Å²) in [4.78, 5) is 0. The van der Waals surface area contributed by atoms with Crippen molar-refractivity contribution in [1.29, 1.82) is 0 Å². The highest BCUT2D eigenvalue weighted by atomic mass is 15.3. The second-order valence-electron chi connectivity index (χ2n) is 6.25. The molecule has 0 aliphatic heterocycles. The molecule has 0 fully saturated rings. The zero-order valence-electron chi connectivity index (χ0n) is 13.9. The average molecular weight is 285 g/mol. The van der Waals surface area contributed by atoms with Crippen LogP contribution < -0.4 is 5.32 Å². The zero-order valence-corrected chi connectivity index (χ0v) is 13.9. The maximum Gasteiger partial charge on any atom is 0.0654 e. The molecule has 0 saturated carbocycles. The Bertz CT molecular complexity index is 576. The molecule has 1 aromatic carbocycles. The largest absolute Gasteiger partial charge is 0.312 e. The molecular formula is C18H27N3. The smallest absolute Gasteiger partial charge is 0.0654 e. The van der Waals surface area contributed by atoms with Crippen LogP contribution in [0.5, 0.6) is 0 Å². The van der Waals surface area contributed by atoms with Gasteiger partial charge in [0, 0.05) is 17.8 Å². The summed E-state index contributed by atoms with van der Waals surface area (Å²) in [5.74, 6) is 0.671. The molecular weight excluding hydrogens is 258 g/mol. The van der Waals surface area contributed by atoms with E-state index in [9.17, 15) is 0 Å². The van der Waals surface area contributed by atoms with Gasteiger partial charge in [-0.3, -0.25) is 0 Å². The van der Waals surface area contributed by atoms with E-state index in [-0.39, 0.29) is 0 Å². The lowest BCUT2D eigenvalue weighted by molar-refractivity contribution is 0.551. The number of benzene rings is 1. The predicted molar refractivity (Wildman–Crippen MR) is 89.0 cm³/mol. The van der Waals surface area contributed by atoms with Gasteiger partial charge >= 0.3 is 0 Å². The molecule has 1 heterocycles. The van der Waals surface area contributed by atoms with E-state index in [1.807, 2.05) is 6.20 Å². The molecule has 0 aliphatic rings. The van der Waals surface area contributed by atoms with Crippen LogP contribution in [-0.4, -0.2) is 16.3 Å². The Morgan fingerprint density at radius 1 is 1.14 bits per heavy atom. The van der Waals surface area contributed by atoms with E-state index in [2.05, 4.69) is 67.9 Å². The number of aromatic nitrogens is 2. The Morgan fingerprint density at radius 2 is 1.81 bits per heavy atom. The van der Waals surface area contributed by atoms with Crippen LogP contribution in [0.1, 0.15) is 43.2 Å². The zero-order chi connectivity index (χ0) is 15.4. The number of aryl methyl sites for hydroxylation is 2. The summed E-state index contributed by atoms with van der Waals surface area (Å²) < 4.78 is 2.09. The molecule has 114 valence electrons. The predicted octanol–water partition coefficient (Wildman–Crippen LogP) is 3.80. The van der Waals surface area contributed by atoms with Gasteiger partial charge in [0.2, 0.25) is 0 Å². The highest BCUT2D eigenvalue weighted by molar-refractivity contribution is 5.41. The summed E-state index contributed by atoms with van der Waals surface area (Å²) in [6, 6.07) is 6.60. The standard InChI is InChI=1S/C18H27N3/c1-6-18-16(11-19-10-13(2)3)12-20-21(18)17-8-14(4)7-15(5)9-17/h7-9,12-13,19H,6,10-11H2,1-5H3. The molecule has 2 aromatic rings. The quantitative estimate of drug-likeness (QED) is 0.875. The number of nitrogens with zero attached hydrogens (tertiary/aromatic N) is 2. The van der Waals surface area contributed by atoms with Gasteiger partial charge in [0.15, 0.2) is 0 Å². The van der Waals surface area contributed by atoms with Gasteiger partial charge in [0.05, 0.1) is 11.9 Å². The van der Waals surface area contributed by atoms with Crippen molar-refractivity contribution in [3.05, 3.63) is 46.8 Å². The number of hydrogen-bond acceptors (Lipinski definition) is 2. The van der Waals surface area contributed by atoms with Crippen LogP contribution in [0.15, 0.2) is 24.4 Å². The van der Waals surface area contributed by atoms with Gasteiger partial charge in [-0.05, 0) is 56.0 Å². The average Bonchev–Trinajstić information content (AvgIpc) is 2.80. The van der Waals surface area contributed by atoms with Gasteiger partial charge in [-0.25, -0.2) is 4.68 Å². The fraction of sp³-hybridized carbons (Fsp3) is 0.500. The summed E-state index contributed by atoms with van der Waals surface area (Å²) in [5.41, 5.74) is 6.33. The van der Waals surface area contributed by atoms with Crippen LogP contribution in [0, 0.1) is 19.8 Å². The van der Waals surface area contributed by atoms with Crippen molar-refractivity contribution in [2.45, 2.75) is 47.6 Å². The molecule has 0 saturated heterocycles. The van der Waals surface area contributed by atoms with Crippen LogP contribution in [0.25, 0.3) is 5.69 Å². The molecule has 0 unspecified atom stereocenters. The van der Waals surface area contributed by atoms with Crippen molar-refractivity contribution in [1.82, 2.24) is 15.1 Å². The third kappa shape index (κ3) is 3.94. The SMILES string of the molecule is CCc1c(CNCC(C)C)cnn1-c1cc(C)cc(C)c1. The Balaban J connectivity index is 2.26. The molecule has 21 heavy (non-hydrogen) atoms. The number of nitrogens with one attached hydrogen (secondary N) is 1. The molecule has 0 bridgehead atoms. The fourth-order valence-electron chi connectivity index (χ4n) is 2.72. The fourth-order valence-corrected chi connectivity index (χ4v) is 2.72. The lowest BCUT2D eigenvalue weighted by Gasteiger charge is -2.11. The van der Waals surface area contributed by atoms with Crippen LogP contribution >= 0.6 is 0 Å². The topological polar surface area (TPSA) is 29.9 Å². The van der Waals surface area contributed by atoms with Crippen molar-refractivity contribution in [3.63, 3.8) is 0 Å². The molecule has 2 rings (SSSR count). The van der Waals surface area contributed by atoms with E-state index < -0.39 is 0 Å². The Morgan fingerprint density at radius 3 is 2.38 bits per heavy atom. The minimum Gasteiger partial charge on any atom is -0.312 e. The molecule has 0 spiro atoms. The first-order valence-corrected chi connectivity index (χ1v) is 7.86. The molecule has 0 amide bonds. The third-order valence-electron chi connectivity index (χ3n) is 3.61. The first kappa shape index (κ1) is 15.8. The molecule has 1 N–H and O–H groups in total. The molecule has 3 heteroatoms. The number of hydrogen-bond donors (Lipinski definition) is 1. The normalized spacial score (nSPS) is 11.3. The molecule has 3 nitrogen and oxygen atoms in total. The third-order valence-corrected chi connectivity index (χ3v) is 3.61. The second kappa shape index (κ2) is 6.90. The van der Waals surface area contributed by atoms with Crippen molar-refractivity contribution < 1.29 is 0 Å². The van der Waals surface area contributed by atoms with Gasteiger partial charge in [0.1, 0.15) is 0 Å². The number of rotatable bonds is 6. The van der Waals surface area contributed by atoms with E-state index in [0.717, 1.165) is 19.5 Å². The summed E-state index contributed by atoms with van der Waals surface area (Å²) >= 11 is 0. The van der Waals surface area contributed by atoms with E-state index in [0.29, 0.717) is 5.92 Å². The highest BCUT2D eigenvalue weighted by Crippen LogP contribution is 2.18. The Kier molecular flexibility index (Phi) is 5.18. The minimum atomic E-state index is 0.671. The van der Waals surface area contributed by atoms with Crippen molar-refractivity contribution in [3.8, 4) is 5.69 Å². The van der Waals surface area contributed by atoms with E-state index in [1.165, 1.54) is 28.1 Å². The van der Waals surface area contributed by atoms with Crippen molar-refractivity contribution in [2.75, 3.05) is 6.54 Å². The lowest BCUT2D eigenvalue weighted by Crippen LogP contribution is -2.19. The van der Waals surface area contributed by atoms with Crippen LogP contribution in [-0.2, 0) is 13.0 Å². The van der Waals surface area contributed by atoms with Gasteiger partial charge in [0.25, 0.3) is 0 Å². The van der Waals surface area contributed by atoms with Crippen LogP contribution in [0.2, 0.25) is 0 Å². The summed E-state index contributed by atoms with van der Waals surface area (Å²) in [5, 5.41) is 8.12. The van der Waals surface area contributed by atoms with E-state index >= 15 is 0 Å². The van der Waals surface area contributed by atoms with Gasteiger partial charge in [-0.2, -0.15) is 5.10 Å². The van der Waals surface area contributed by atoms with Gasteiger partial charge in [-0.15, -0.1) is 0 Å². The van der Waals surface area contributed by atoms with Crippen molar-refractivity contribution in [2.24, 2.45) is 5.92 Å². The molecule has 0 radical (unpaired) electrons. The Hall–Kier alpha value is -1.61. The van der Waals surface area contributed by atoms with Gasteiger partial charge in [-0.1, -0.05) is 26.8 Å². The Labute approximate surface area is 128 Å². The molecule has 0 atom stereocenters. The summed E-state index contributed by atoms with van der Waals surface area (Å²) in [7, 11) is 0. The summed E-state index contributed by atoms with van der Waals surface area (Å²) in [6.45, 7) is 12.9. The minimum absolute atomic E-state index is 0.671. The van der Waals surface area contributed by atoms with Crippen LogP contribution in [0.3, 0.4) is 0 Å². The monoisotopic (exact) mass is 285 g/mol. The van der Waals surface area contributed by atoms with E-state index in [1.54, 1.807) is 0 Å². The van der Waals surface area contributed by atoms with Crippen molar-refractivity contribution >= 4 is 0 Å². The highest BCUT2D eigenvalue weighted by Gasteiger charge is 2.11. The summed E-state index contributed by atoms with van der Waals surface area (Å²) in [6.07, 6.45) is 3.00. The molecule has 1 aromatic heterocycles. The van der Waals surface area contributed by atoms with Crippen LogP contribution in [0.4, 0.5) is 0 Å². The van der Waals surface area contributed by atoms with E-state index in [4.69, 9.17) is 0 Å². The first-order chi connectivity index (χ1) is 10.0. The van der Waals surface area contributed by atoms with Gasteiger partial charge < -0.3 is 5.32 Å². The first-order valence-electron chi connectivity index (χ1n) is 7.86.